The molecule has 1 heterocycles. The van der Waals surface area contributed by atoms with Crippen LogP contribution in [0.25, 0.3) is 0 Å². The Hall–Kier alpha value is -3.68. The number of hydrazone groups is 1. The van der Waals surface area contributed by atoms with E-state index < -0.39 is 29.4 Å². The van der Waals surface area contributed by atoms with E-state index in [0.717, 1.165) is 17.8 Å². The number of hydrogen-bond acceptors (Lipinski definition) is 3. The van der Waals surface area contributed by atoms with Crippen molar-refractivity contribution in [2.24, 2.45) is 5.10 Å². The molecule has 0 radical (unpaired) electrons. The number of halogens is 4. The predicted octanol–water partition coefficient (Wildman–Crippen LogP) is 5.44. The van der Waals surface area contributed by atoms with Crippen molar-refractivity contribution in [3.8, 4) is 0 Å². The van der Waals surface area contributed by atoms with Gasteiger partial charge in [-0.2, -0.15) is 18.3 Å². The van der Waals surface area contributed by atoms with Gasteiger partial charge in [-0.1, -0.05) is 30.3 Å². The van der Waals surface area contributed by atoms with Crippen molar-refractivity contribution in [3.63, 3.8) is 0 Å². The summed E-state index contributed by atoms with van der Waals surface area (Å²) in [4.78, 5) is 13.0. The molecular weight excluding hydrogens is 410 g/mol. The number of amides is 1. The van der Waals surface area contributed by atoms with Gasteiger partial charge in [-0.25, -0.2) is 4.39 Å². The van der Waals surface area contributed by atoms with Crippen LogP contribution in [0.1, 0.15) is 17.0 Å². The van der Waals surface area contributed by atoms with E-state index in [1.807, 2.05) is 30.3 Å². The van der Waals surface area contributed by atoms with Gasteiger partial charge < -0.3 is 5.32 Å². The molecule has 1 aliphatic heterocycles. The topological polar surface area (TPSA) is 44.7 Å². The first kappa shape index (κ1) is 20.6. The van der Waals surface area contributed by atoms with Crippen LogP contribution < -0.4 is 10.3 Å². The van der Waals surface area contributed by atoms with E-state index in [2.05, 4.69) is 10.4 Å². The molecule has 1 N–H and O–H groups in total. The molecule has 0 saturated carbocycles. The number of benzene rings is 3. The SMILES string of the molecule is O=C(Nc1ccc(C(F)(F)F)cc1)C1=NN(c2ccccc2)CC1c1ccc(F)cc1. The minimum Gasteiger partial charge on any atom is -0.321 e. The van der Waals surface area contributed by atoms with Crippen LogP contribution in [-0.2, 0) is 11.0 Å². The van der Waals surface area contributed by atoms with Crippen LogP contribution in [0.3, 0.4) is 0 Å². The number of nitrogens with zero attached hydrogens (tertiary/aromatic N) is 2. The van der Waals surface area contributed by atoms with Crippen molar-refractivity contribution in [1.29, 1.82) is 0 Å². The van der Waals surface area contributed by atoms with Crippen molar-refractivity contribution < 1.29 is 22.4 Å². The number of hydrogen-bond donors (Lipinski definition) is 1. The van der Waals surface area contributed by atoms with Gasteiger partial charge in [0.15, 0.2) is 0 Å². The summed E-state index contributed by atoms with van der Waals surface area (Å²) in [5, 5.41) is 8.74. The molecule has 1 amide bonds. The number of anilines is 2. The lowest BCUT2D eigenvalue weighted by molar-refractivity contribution is -0.137. The van der Waals surface area contributed by atoms with Crippen molar-refractivity contribution in [2.75, 3.05) is 16.9 Å². The lowest BCUT2D eigenvalue weighted by Gasteiger charge is -2.16. The van der Waals surface area contributed by atoms with Crippen molar-refractivity contribution in [2.45, 2.75) is 12.1 Å². The molecule has 0 bridgehead atoms. The zero-order valence-electron chi connectivity index (χ0n) is 16.1. The van der Waals surface area contributed by atoms with E-state index in [1.165, 1.54) is 24.3 Å². The van der Waals surface area contributed by atoms with E-state index >= 15 is 0 Å². The second kappa shape index (κ2) is 8.22. The maximum absolute atomic E-state index is 13.4. The van der Waals surface area contributed by atoms with E-state index in [0.29, 0.717) is 12.1 Å². The van der Waals surface area contributed by atoms with Crippen LogP contribution in [0.2, 0.25) is 0 Å². The molecule has 4 rings (SSSR count). The summed E-state index contributed by atoms with van der Waals surface area (Å²) < 4.78 is 51.7. The number of para-hydroxylation sites is 1. The van der Waals surface area contributed by atoms with Crippen molar-refractivity contribution >= 4 is 23.0 Å². The summed E-state index contributed by atoms with van der Waals surface area (Å²) in [5.41, 5.74) is 1.10. The standard InChI is InChI=1S/C23H17F4N3O/c24-17-10-6-15(7-11-17)20-14-30(19-4-2-1-3-5-19)29-21(20)22(31)28-18-12-8-16(9-13-18)23(25,26)27/h1-13,20H,14H2,(H,28,31). The van der Waals surface area contributed by atoms with Gasteiger partial charge in [-0.3, -0.25) is 9.80 Å². The zero-order chi connectivity index (χ0) is 22.0. The van der Waals surface area contributed by atoms with Gasteiger partial charge >= 0.3 is 6.18 Å². The first-order valence-electron chi connectivity index (χ1n) is 9.46. The summed E-state index contributed by atoms with van der Waals surface area (Å²) in [6, 6.07) is 19.2. The Morgan fingerprint density at radius 1 is 0.935 bits per heavy atom. The van der Waals surface area contributed by atoms with Gasteiger partial charge in [0.25, 0.3) is 5.91 Å². The van der Waals surface area contributed by atoms with Gasteiger partial charge in [0, 0.05) is 5.69 Å². The zero-order valence-corrected chi connectivity index (χ0v) is 16.1. The Kier molecular flexibility index (Phi) is 5.46. The Balaban J connectivity index is 1.61. The molecule has 31 heavy (non-hydrogen) atoms. The second-order valence-electron chi connectivity index (χ2n) is 7.04. The van der Waals surface area contributed by atoms with Gasteiger partial charge in [0.2, 0.25) is 0 Å². The maximum Gasteiger partial charge on any atom is 0.416 e. The summed E-state index contributed by atoms with van der Waals surface area (Å²) in [7, 11) is 0. The largest absolute Gasteiger partial charge is 0.416 e. The Morgan fingerprint density at radius 3 is 2.19 bits per heavy atom. The normalized spacial score (nSPS) is 16.2. The Labute approximate surface area is 175 Å². The molecule has 3 aromatic carbocycles. The van der Waals surface area contributed by atoms with Gasteiger partial charge in [0.1, 0.15) is 11.5 Å². The third-order valence-corrected chi connectivity index (χ3v) is 4.94. The molecule has 0 aromatic heterocycles. The number of carbonyl (C=O) groups is 1. The highest BCUT2D eigenvalue weighted by molar-refractivity contribution is 6.45. The third kappa shape index (κ3) is 4.58. The first-order chi connectivity index (χ1) is 14.8. The minimum absolute atomic E-state index is 0.190. The average molecular weight is 427 g/mol. The summed E-state index contributed by atoms with van der Waals surface area (Å²) in [6.45, 7) is 0.366. The lowest BCUT2D eigenvalue weighted by atomic mass is 9.94. The average Bonchev–Trinajstić information content (AvgIpc) is 3.20. The van der Waals surface area contributed by atoms with Crippen molar-refractivity contribution in [1.82, 2.24) is 0 Å². The molecule has 3 aromatic rings. The highest BCUT2D eigenvalue weighted by Crippen LogP contribution is 2.31. The third-order valence-electron chi connectivity index (χ3n) is 4.94. The molecular formula is C23H17F4N3O. The minimum atomic E-state index is -4.46. The lowest BCUT2D eigenvalue weighted by Crippen LogP contribution is -2.27. The summed E-state index contributed by atoms with van der Waals surface area (Å²) >= 11 is 0. The molecule has 158 valence electrons. The van der Waals surface area contributed by atoms with Crippen LogP contribution >= 0.6 is 0 Å². The molecule has 1 atom stereocenters. The van der Waals surface area contributed by atoms with Gasteiger partial charge in [-0.15, -0.1) is 0 Å². The highest BCUT2D eigenvalue weighted by Gasteiger charge is 2.34. The molecule has 8 heteroatoms. The molecule has 0 spiro atoms. The number of nitrogens with one attached hydrogen (secondary N) is 1. The molecule has 1 unspecified atom stereocenters. The molecule has 1 aliphatic rings. The predicted molar refractivity (Wildman–Crippen MR) is 110 cm³/mol. The van der Waals surface area contributed by atoms with Crippen LogP contribution in [0.4, 0.5) is 28.9 Å². The van der Waals surface area contributed by atoms with Crippen LogP contribution in [0, 0.1) is 5.82 Å². The molecule has 4 nitrogen and oxygen atoms in total. The number of carbonyl (C=O) groups excluding carboxylic acids is 1. The van der Waals surface area contributed by atoms with Crippen LogP contribution in [0.15, 0.2) is 84.0 Å². The van der Waals surface area contributed by atoms with E-state index in [-0.39, 0.29) is 11.4 Å². The first-order valence-corrected chi connectivity index (χ1v) is 9.46. The smallest absolute Gasteiger partial charge is 0.321 e. The maximum atomic E-state index is 13.4. The highest BCUT2D eigenvalue weighted by atomic mass is 19.4. The summed E-state index contributed by atoms with van der Waals surface area (Å²) in [6.07, 6.45) is -4.46. The fourth-order valence-electron chi connectivity index (χ4n) is 3.36. The molecule has 0 saturated heterocycles. The van der Waals surface area contributed by atoms with Gasteiger partial charge in [0.05, 0.1) is 23.7 Å². The fraction of sp³-hybridized carbons (Fsp3) is 0.130. The number of alkyl halides is 3. The number of rotatable bonds is 4. The quantitative estimate of drug-likeness (QED) is 0.564. The fourth-order valence-corrected chi connectivity index (χ4v) is 3.36. The monoisotopic (exact) mass is 427 g/mol. The van der Waals surface area contributed by atoms with Crippen molar-refractivity contribution in [3.05, 3.63) is 95.8 Å². The molecule has 0 aliphatic carbocycles. The van der Waals surface area contributed by atoms with E-state index in [1.54, 1.807) is 17.1 Å². The van der Waals surface area contributed by atoms with E-state index in [9.17, 15) is 22.4 Å². The van der Waals surface area contributed by atoms with Crippen LogP contribution in [0.5, 0.6) is 0 Å². The Morgan fingerprint density at radius 2 is 1.58 bits per heavy atom. The van der Waals surface area contributed by atoms with E-state index in [4.69, 9.17) is 0 Å². The van der Waals surface area contributed by atoms with Gasteiger partial charge in [-0.05, 0) is 54.1 Å². The second-order valence-corrected chi connectivity index (χ2v) is 7.04. The molecule has 0 fully saturated rings. The summed E-state index contributed by atoms with van der Waals surface area (Å²) in [5.74, 6) is -1.36. The van der Waals surface area contributed by atoms with Crippen LogP contribution in [-0.4, -0.2) is 18.2 Å². The Bertz CT molecular complexity index is 1090.